The van der Waals surface area contributed by atoms with Gasteiger partial charge in [-0.2, -0.15) is 0 Å². The number of rotatable bonds is 4. The zero-order valence-corrected chi connectivity index (χ0v) is 14.1. The molecule has 0 bridgehead atoms. The lowest BCUT2D eigenvalue weighted by Gasteiger charge is -2.22. The van der Waals surface area contributed by atoms with Crippen molar-refractivity contribution < 1.29 is 4.79 Å². The minimum atomic E-state index is -0.0270. The molecule has 1 aromatic carbocycles. The molecule has 0 saturated heterocycles. The Labute approximate surface area is 126 Å². The fourth-order valence-electron chi connectivity index (χ4n) is 1.64. The molecule has 1 atom stereocenters. The van der Waals surface area contributed by atoms with Crippen LogP contribution in [0.1, 0.15) is 37.6 Å². The minimum Gasteiger partial charge on any atom is -0.351 e. The molecule has 1 amide bonds. The Morgan fingerprint density at radius 1 is 1.28 bits per heavy atom. The molecule has 0 saturated carbocycles. The number of hydrogen-bond donors (Lipinski definition) is 1. The van der Waals surface area contributed by atoms with Crippen molar-refractivity contribution in [1.29, 1.82) is 0 Å². The summed E-state index contributed by atoms with van der Waals surface area (Å²) in [7, 11) is 0. The summed E-state index contributed by atoms with van der Waals surface area (Å²) < 4.78 is 0.977. The van der Waals surface area contributed by atoms with Gasteiger partial charge in [-0.25, -0.2) is 0 Å². The molecule has 100 valence electrons. The maximum Gasteiger partial charge on any atom is 0.251 e. The second kappa shape index (κ2) is 6.71. The van der Waals surface area contributed by atoms with Gasteiger partial charge in [-0.05, 0) is 36.1 Å². The van der Waals surface area contributed by atoms with E-state index in [2.05, 4.69) is 57.9 Å². The smallest absolute Gasteiger partial charge is 0.251 e. The van der Waals surface area contributed by atoms with E-state index in [1.807, 2.05) is 24.3 Å². The zero-order chi connectivity index (χ0) is 13.8. The van der Waals surface area contributed by atoms with Crippen molar-refractivity contribution in [2.24, 2.45) is 5.41 Å². The Balaban J connectivity index is 2.44. The van der Waals surface area contributed by atoms with E-state index in [-0.39, 0.29) is 11.3 Å². The summed E-state index contributed by atoms with van der Waals surface area (Å²) >= 11 is 6.95. The largest absolute Gasteiger partial charge is 0.351 e. The van der Waals surface area contributed by atoms with Crippen molar-refractivity contribution in [2.45, 2.75) is 32.0 Å². The number of benzene rings is 1. The SMILES string of the molecule is CC(C)(C)CC(Br)CNC(=O)c1ccc(Br)cc1. The minimum absolute atomic E-state index is 0.0270. The molecule has 1 aromatic rings. The van der Waals surface area contributed by atoms with Crippen LogP contribution in [0.15, 0.2) is 28.7 Å². The molecule has 0 aliphatic carbocycles. The average Bonchev–Trinajstić information content (AvgIpc) is 2.24. The van der Waals surface area contributed by atoms with Gasteiger partial charge < -0.3 is 5.32 Å². The third kappa shape index (κ3) is 6.01. The second-order valence-electron chi connectivity index (χ2n) is 5.58. The molecule has 0 aliphatic heterocycles. The van der Waals surface area contributed by atoms with Crippen LogP contribution in [0, 0.1) is 5.41 Å². The maximum absolute atomic E-state index is 11.9. The number of alkyl halides is 1. The van der Waals surface area contributed by atoms with Gasteiger partial charge >= 0.3 is 0 Å². The van der Waals surface area contributed by atoms with Crippen LogP contribution in [-0.2, 0) is 0 Å². The highest BCUT2D eigenvalue weighted by Crippen LogP contribution is 2.24. The number of nitrogens with one attached hydrogen (secondary N) is 1. The molecule has 4 heteroatoms. The van der Waals surface area contributed by atoms with Crippen molar-refractivity contribution in [3.05, 3.63) is 34.3 Å². The Hall–Kier alpha value is -0.350. The van der Waals surface area contributed by atoms with Crippen LogP contribution in [0.3, 0.4) is 0 Å². The quantitative estimate of drug-likeness (QED) is 0.776. The lowest BCUT2D eigenvalue weighted by atomic mass is 9.90. The van der Waals surface area contributed by atoms with Crippen LogP contribution in [0.25, 0.3) is 0 Å². The monoisotopic (exact) mass is 375 g/mol. The van der Waals surface area contributed by atoms with Crippen LogP contribution in [0.2, 0.25) is 0 Å². The molecule has 1 unspecified atom stereocenters. The molecule has 0 fully saturated rings. The lowest BCUT2D eigenvalue weighted by Crippen LogP contribution is -2.31. The molecule has 0 spiro atoms. The molecule has 0 radical (unpaired) electrons. The lowest BCUT2D eigenvalue weighted by molar-refractivity contribution is 0.0952. The van der Waals surface area contributed by atoms with E-state index in [4.69, 9.17) is 0 Å². The van der Waals surface area contributed by atoms with Gasteiger partial charge in [0.15, 0.2) is 0 Å². The van der Waals surface area contributed by atoms with Crippen LogP contribution < -0.4 is 5.32 Å². The summed E-state index contributed by atoms with van der Waals surface area (Å²) in [5, 5.41) is 2.94. The van der Waals surface area contributed by atoms with Crippen molar-refractivity contribution in [2.75, 3.05) is 6.54 Å². The molecule has 18 heavy (non-hydrogen) atoms. The van der Waals surface area contributed by atoms with Crippen LogP contribution in [0.5, 0.6) is 0 Å². The van der Waals surface area contributed by atoms with Crippen molar-refractivity contribution >= 4 is 37.8 Å². The van der Waals surface area contributed by atoms with E-state index in [1.165, 1.54) is 0 Å². The summed E-state index contributed by atoms with van der Waals surface area (Å²) in [6, 6.07) is 7.37. The first-order chi connectivity index (χ1) is 8.28. The van der Waals surface area contributed by atoms with Gasteiger partial charge in [0.25, 0.3) is 5.91 Å². The predicted molar refractivity (Wildman–Crippen MR) is 83.3 cm³/mol. The first-order valence-electron chi connectivity index (χ1n) is 5.96. The van der Waals surface area contributed by atoms with Gasteiger partial charge in [0.2, 0.25) is 0 Å². The highest BCUT2D eigenvalue weighted by molar-refractivity contribution is 9.10. The second-order valence-corrected chi connectivity index (χ2v) is 7.79. The normalized spacial score (nSPS) is 13.2. The predicted octanol–water partition coefficient (Wildman–Crippen LogP) is 4.38. The van der Waals surface area contributed by atoms with E-state index >= 15 is 0 Å². The molecular formula is C14H19Br2NO. The van der Waals surface area contributed by atoms with Gasteiger partial charge in [0.05, 0.1) is 0 Å². The van der Waals surface area contributed by atoms with Gasteiger partial charge in [0.1, 0.15) is 0 Å². The van der Waals surface area contributed by atoms with E-state index in [0.717, 1.165) is 10.9 Å². The van der Waals surface area contributed by atoms with E-state index in [1.54, 1.807) is 0 Å². The van der Waals surface area contributed by atoms with Gasteiger partial charge in [-0.3, -0.25) is 4.79 Å². The van der Waals surface area contributed by atoms with Crippen molar-refractivity contribution in [3.63, 3.8) is 0 Å². The molecule has 1 rings (SSSR count). The Kier molecular flexibility index (Phi) is 5.86. The van der Waals surface area contributed by atoms with E-state index in [9.17, 15) is 4.79 Å². The molecule has 0 heterocycles. The summed E-state index contributed by atoms with van der Waals surface area (Å²) in [5.74, 6) is -0.0270. The third-order valence-electron chi connectivity index (χ3n) is 2.42. The highest BCUT2D eigenvalue weighted by Gasteiger charge is 2.17. The zero-order valence-electron chi connectivity index (χ0n) is 11.0. The molecule has 2 nitrogen and oxygen atoms in total. The summed E-state index contributed by atoms with van der Waals surface area (Å²) in [4.78, 5) is 12.2. The standard InChI is InChI=1S/C14H19Br2NO/c1-14(2,3)8-12(16)9-17-13(18)10-4-6-11(15)7-5-10/h4-7,12H,8-9H2,1-3H3,(H,17,18). The summed E-state index contributed by atoms with van der Waals surface area (Å²) in [6.07, 6.45) is 1.02. The summed E-state index contributed by atoms with van der Waals surface area (Å²) in [6.45, 7) is 7.22. The number of carbonyl (C=O) groups excluding carboxylic acids is 1. The maximum atomic E-state index is 11.9. The average molecular weight is 377 g/mol. The molecular weight excluding hydrogens is 358 g/mol. The first kappa shape index (κ1) is 15.7. The van der Waals surface area contributed by atoms with Crippen LogP contribution in [-0.4, -0.2) is 17.3 Å². The van der Waals surface area contributed by atoms with E-state index in [0.29, 0.717) is 16.9 Å². The Bertz CT molecular complexity index is 395. The third-order valence-corrected chi connectivity index (χ3v) is 3.60. The van der Waals surface area contributed by atoms with Crippen LogP contribution in [0.4, 0.5) is 0 Å². The molecule has 0 aromatic heterocycles. The Morgan fingerprint density at radius 3 is 2.33 bits per heavy atom. The van der Waals surface area contributed by atoms with Crippen molar-refractivity contribution in [1.82, 2.24) is 5.32 Å². The number of carbonyl (C=O) groups is 1. The van der Waals surface area contributed by atoms with Crippen LogP contribution >= 0.6 is 31.9 Å². The first-order valence-corrected chi connectivity index (χ1v) is 7.66. The van der Waals surface area contributed by atoms with Crippen molar-refractivity contribution in [3.8, 4) is 0 Å². The number of hydrogen-bond acceptors (Lipinski definition) is 1. The van der Waals surface area contributed by atoms with Gasteiger partial charge in [-0.15, -0.1) is 0 Å². The number of amides is 1. The molecule has 0 aliphatic rings. The summed E-state index contributed by atoms with van der Waals surface area (Å²) in [5.41, 5.74) is 0.949. The van der Waals surface area contributed by atoms with E-state index < -0.39 is 0 Å². The fraction of sp³-hybridized carbons (Fsp3) is 0.500. The topological polar surface area (TPSA) is 29.1 Å². The Morgan fingerprint density at radius 2 is 1.83 bits per heavy atom. The number of halogens is 2. The highest BCUT2D eigenvalue weighted by atomic mass is 79.9. The van der Waals surface area contributed by atoms with Gasteiger partial charge in [0, 0.05) is 21.4 Å². The molecule has 1 N–H and O–H groups in total. The van der Waals surface area contributed by atoms with Gasteiger partial charge in [-0.1, -0.05) is 52.6 Å². The fourth-order valence-corrected chi connectivity index (χ4v) is 3.04.